The second-order valence-electron chi connectivity index (χ2n) is 1.66. The number of aliphatic hydroxyl groups excluding tert-OH is 1. The molecular formula is C7H7NO2S2. The van der Waals surface area contributed by atoms with E-state index in [1.54, 1.807) is 24.4 Å². The Morgan fingerprint density at radius 3 is 2.50 bits per heavy atom. The lowest BCUT2D eigenvalue weighted by molar-refractivity contribution is 0.111. The summed E-state index contributed by atoms with van der Waals surface area (Å²) < 4.78 is -0.306. The van der Waals surface area contributed by atoms with Gasteiger partial charge in [0, 0.05) is 6.20 Å². The summed E-state index contributed by atoms with van der Waals surface area (Å²) in [6.45, 7) is 0. The number of carbonyl (C=O) groups is 1. The minimum atomic E-state index is -0.306. The Hall–Kier alpha value is -0.940. The molecule has 1 rings (SSSR count). The molecule has 1 N–H and O–H groups in total. The minimum Gasteiger partial charge on any atom is -0.494 e. The summed E-state index contributed by atoms with van der Waals surface area (Å²) in [7, 11) is 0. The van der Waals surface area contributed by atoms with Gasteiger partial charge in [0.15, 0.2) is 6.29 Å². The molecule has 0 bridgehead atoms. The maximum atomic E-state index is 9.94. The maximum Gasteiger partial charge on any atom is 0.214 e. The highest BCUT2D eigenvalue weighted by molar-refractivity contribution is 8.10. The topological polar surface area (TPSA) is 50.2 Å². The van der Waals surface area contributed by atoms with E-state index in [-0.39, 0.29) is 4.38 Å². The third-order valence-electron chi connectivity index (χ3n) is 0.809. The van der Waals surface area contributed by atoms with Gasteiger partial charge in [-0.25, -0.2) is 0 Å². The number of pyridine rings is 1. The Morgan fingerprint density at radius 1 is 1.67 bits per heavy atom. The van der Waals surface area contributed by atoms with Gasteiger partial charge in [-0.1, -0.05) is 18.7 Å². The molecule has 0 aliphatic rings. The normalized spacial score (nSPS) is 7.75. The van der Waals surface area contributed by atoms with Crippen molar-refractivity contribution in [2.75, 3.05) is 0 Å². The van der Waals surface area contributed by atoms with E-state index in [4.69, 9.17) is 5.11 Å². The zero-order valence-electron chi connectivity index (χ0n) is 6.04. The van der Waals surface area contributed by atoms with Crippen LogP contribution in [0, 0.1) is 0 Å². The highest BCUT2D eigenvalue weighted by Gasteiger charge is 1.81. The predicted molar refractivity (Wildman–Crippen MR) is 53.8 cm³/mol. The summed E-state index contributed by atoms with van der Waals surface area (Å²) in [5.41, 5.74) is 0.479. The first kappa shape index (κ1) is 11.1. The molecule has 12 heavy (non-hydrogen) atoms. The van der Waals surface area contributed by atoms with Gasteiger partial charge in [-0.3, -0.25) is 9.78 Å². The average Bonchev–Trinajstić information content (AvgIpc) is 2.05. The van der Waals surface area contributed by atoms with E-state index in [2.05, 4.69) is 29.8 Å². The van der Waals surface area contributed by atoms with Crippen molar-refractivity contribution in [3.63, 3.8) is 0 Å². The molecule has 5 heteroatoms. The van der Waals surface area contributed by atoms with Crippen molar-refractivity contribution in [1.29, 1.82) is 0 Å². The van der Waals surface area contributed by atoms with E-state index in [0.717, 1.165) is 6.29 Å². The van der Waals surface area contributed by atoms with Crippen LogP contribution in [0.25, 0.3) is 0 Å². The number of hydrogen-bond acceptors (Lipinski definition) is 3. The van der Waals surface area contributed by atoms with Crippen molar-refractivity contribution >= 4 is 35.5 Å². The lowest BCUT2D eigenvalue weighted by Crippen LogP contribution is -1.80. The molecular weight excluding hydrogens is 194 g/mol. The van der Waals surface area contributed by atoms with Crippen molar-refractivity contribution < 1.29 is 9.90 Å². The van der Waals surface area contributed by atoms with E-state index in [0.29, 0.717) is 5.69 Å². The number of thiol groups is 1. The number of nitrogens with zero attached hydrogens (tertiary/aromatic N) is 1. The summed E-state index contributed by atoms with van der Waals surface area (Å²) in [5.74, 6) is 0. The van der Waals surface area contributed by atoms with Crippen LogP contribution in [0.15, 0.2) is 24.4 Å². The zero-order valence-corrected chi connectivity index (χ0v) is 7.76. The molecule has 0 atom stereocenters. The van der Waals surface area contributed by atoms with Crippen LogP contribution in [0.3, 0.4) is 0 Å². The summed E-state index contributed by atoms with van der Waals surface area (Å²) in [6, 6.07) is 5.21. The summed E-state index contributed by atoms with van der Waals surface area (Å²) >= 11 is 7.21. The third-order valence-corrected chi connectivity index (χ3v) is 0.809. The van der Waals surface area contributed by atoms with Crippen molar-refractivity contribution in [2.45, 2.75) is 0 Å². The van der Waals surface area contributed by atoms with Crippen LogP contribution in [-0.2, 0) is 0 Å². The smallest absolute Gasteiger partial charge is 0.214 e. The zero-order chi connectivity index (χ0) is 9.40. The number of aliphatic hydroxyl groups is 1. The third kappa shape index (κ3) is 7.17. The molecule has 0 spiro atoms. The minimum absolute atomic E-state index is 0.306. The second-order valence-corrected chi connectivity index (χ2v) is 2.77. The fraction of sp³-hybridized carbons (Fsp3) is 0. The Bertz CT molecular complexity index is 247. The van der Waals surface area contributed by atoms with Gasteiger partial charge in [0.1, 0.15) is 5.69 Å². The van der Waals surface area contributed by atoms with Gasteiger partial charge in [-0.15, -0.1) is 0 Å². The largest absolute Gasteiger partial charge is 0.494 e. The second kappa shape index (κ2) is 6.75. The van der Waals surface area contributed by atoms with Gasteiger partial charge >= 0.3 is 0 Å². The number of rotatable bonds is 1. The number of aldehydes is 1. The van der Waals surface area contributed by atoms with Crippen molar-refractivity contribution in [2.24, 2.45) is 0 Å². The molecule has 0 aliphatic heterocycles. The quantitative estimate of drug-likeness (QED) is 0.412. The molecule has 1 aromatic heterocycles. The molecule has 1 aromatic rings. The van der Waals surface area contributed by atoms with Crippen LogP contribution < -0.4 is 0 Å². The molecule has 1 heterocycles. The van der Waals surface area contributed by atoms with Crippen LogP contribution in [0.2, 0.25) is 0 Å². The number of carbonyl (C=O) groups excluding carboxylic acids is 1. The van der Waals surface area contributed by atoms with Gasteiger partial charge in [-0.05, 0) is 24.4 Å². The van der Waals surface area contributed by atoms with E-state index in [1.165, 1.54) is 0 Å². The highest BCUT2D eigenvalue weighted by Crippen LogP contribution is 1.85. The first-order valence-corrected chi connectivity index (χ1v) is 3.80. The molecule has 64 valence electrons. The number of hydrogen-bond donors (Lipinski definition) is 2. The summed E-state index contributed by atoms with van der Waals surface area (Å²) in [4.78, 5) is 13.7. The summed E-state index contributed by atoms with van der Waals surface area (Å²) in [6.07, 6.45) is 2.31. The molecule has 0 radical (unpaired) electrons. The first-order valence-electron chi connectivity index (χ1n) is 2.95. The fourth-order valence-electron chi connectivity index (χ4n) is 0.446. The maximum absolute atomic E-state index is 9.94. The Kier molecular flexibility index (Phi) is 6.22. The van der Waals surface area contributed by atoms with E-state index >= 15 is 0 Å². The van der Waals surface area contributed by atoms with Gasteiger partial charge in [0.25, 0.3) is 0 Å². The van der Waals surface area contributed by atoms with Gasteiger partial charge < -0.3 is 5.11 Å². The van der Waals surface area contributed by atoms with Crippen LogP contribution in [0.5, 0.6) is 0 Å². The van der Waals surface area contributed by atoms with Crippen molar-refractivity contribution in [1.82, 2.24) is 4.98 Å². The Labute approximate surface area is 80.9 Å². The molecule has 0 amide bonds. The van der Waals surface area contributed by atoms with Crippen molar-refractivity contribution in [3.05, 3.63) is 30.1 Å². The summed E-state index contributed by atoms with van der Waals surface area (Å²) in [5, 5.41) is 7.65. The van der Waals surface area contributed by atoms with Gasteiger partial charge in [0.2, 0.25) is 4.38 Å². The lowest BCUT2D eigenvalue weighted by Gasteiger charge is -1.81. The fourth-order valence-corrected chi connectivity index (χ4v) is 0.446. The average molecular weight is 201 g/mol. The number of aromatic nitrogens is 1. The Morgan fingerprint density at radius 2 is 2.25 bits per heavy atom. The first-order chi connectivity index (χ1) is 5.66. The molecule has 3 nitrogen and oxygen atoms in total. The molecule has 0 saturated heterocycles. The number of thiocarbonyl (C=S) groups is 1. The van der Waals surface area contributed by atoms with Gasteiger partial charge in [-0.2, -0.15) is 0 Å². The molecule has 0 fully saturated rings. The molecule has 0 aliphatic carbocycles. The monoisotopic (exact) mass is 201 g/mol. The molecule has 0 unspecified atom stereocenters. The molecule has 0 saturated carbocycles. The highest BCUT2D eigenvalue weighted by atomic mass is 32.1. The van der Waals surface area contributed by atoms with Crippen LogP contribution >= 0.6 is 24.8 Å². The van der Waals surface area contributed by atoms with Crippen LogP contribution in [0.1, 0.15) is 10.5 Å². The van der Waals surface area contributed by atoms with E-state index in [9.17, 15) is 4.79 Å². The van der Waals surface area contributed by atoms with E-state index in [1.807, 2.05) is 0 Å². The van der Waals surface area contributed by atoms with Crippen LogP contribution in [0.4, 0.5) is 0 Å². The Balaban J connectivity index is 0.000000261. The van der Waals surface area contributed by atoms with Crippen molar-refractivity contribution in [3.8, 4) is 0 Å². The standard InChI is InChI=1S/C6H5NO.CH2OS2/c8-5-6-3-1-2-4-7-6;2-1(3)4/h1-5H;(H2,2,3,4). The SMILES string of the molecule is O=Cc1ccccn1.OC(=S)S. The van der Waals surface area contributed by atoms with Gasteiger partial charge in [0.05, 0.1) is 0 Å². The van der Waals surface area contributed by atoms with E-state index < -0.39 is 0 Å². The molecule has 0 aromatic carbocycles. The predicted octanol–water partition coefficient (Wildman–Crippen LogP) is 1.65. The lowest BCUT2D eigenvalue weighted by atomic mass is 10.4. The van der Waals surface area contributed by atoms with Crippen LogP contribution in [-0.4, -0.2) is 20.8 Å².